The molecule has 2 nitrogen and oxygen atoms in total. The number of hydrogen-bond donors (Lipinski definition) is 1. The summed E-state index contributed by atoms with van der Waals surface area (Å²) in [6.07, 6.45) is 3.82. The van der Waals surface area contributed by atoms with E-state index in [1.54, 1.807) is 6.08 Å². The maximum absolute atomic E-state index is 9.39. The van der Waals surface area contributed by atoms with Crippen molar-refractivity contribution in [3.63, 3.8) is 0 Å². The van der Waals surface area contributed by atoms with E-state index >= 15 is 0 Å². The van der Waals surface area contributed by atoms with Crippen LogP contribution in [0.1, 0.15) is 5.56 Å². The number of aliphatic hydroxyl groups is 1. The van der Waals surface area contributed by atoms with Crippen molar-refractivity contribution in [2.24, 2.45) is 0 Å². The summed E-state index contributed by atoms with van der Waals surface area (Å²) in [5, 5.41) is 8.59. The first kappa shape index (κ1) is 12.7. The van der Waals surface area contributed by atoms with E-state index in [1.165, 1.54) is 12.2 Å². The zero-order chi connectivity index (χ0) is 12.3. The Labute approximate surface area is 110 Å². The first-order valence-electron chi connectivity index (χ1n) is 5.21. The third-order valence-electron chi connectivity index (χ3n) is 2.43. The standard InChI is InChI=1S/C13H12Cl2O2/c14-11-8-13(15,7-6-12(11)16)17-9-10-4-2-1-3-5-10/h1-8,12,16H,9H2. The number of hydrogen-bond acceptors (Lipinski definition) is 2. The summed E-state index contributed by atoms with van der Waals surface area (Å²) in [6.45, 7) is 0.380. The molecular formula is C13H12Cl2O2. The second-order valence-corrected chi connectivity index (χ2v) is 4.83. The van der Waals surface area contributed by atoms with Crippen LogP contribution in [0.3, 0.4) is 0 Å². The highest BCUT2D eigenvalue weighted by molar-refractivity contribution is 6.32. The van der Waals surface area contributed by atoms with Crippen LogP contribution in [0.4, 0.5) is 0 Å². The van der Waals surface area contributed by atoms with Crippen molar-refractivity contribution >= 4 is 23.2 Å². The molecule has 0 heterocycles. The van der Waals surface area contributed by atoms with Gasteiger partial charge in [-0.05, 0) is 17.7 Å². The summed E-state index contributed by atoms with van der Waals surface area (Å²) in [5.41, 5.74) is 1.02. The number of rotatable bonds is 3. The van der Waals surface area contributed by atoms with E-state index in [0.717, 1.165) is 5.56 Å². The largest absolute Gasteiger partial charge is 0.383 e. The van der Waals surface area contributed by atoms with Gasteiger partial charge in [0, 0.05) is 0 Å². The lowest BCUT2D eigenvalue weighted by Gasteiger charge is -2.25. The number of alkyl halides is 1. The first-order chi connectivity index (χ1) is 8.09. The average Bonchev–Trinajstić information content (AvgIpc) is 2.34. The number of aliphatic hydroxyl groups excluding tert-OH is 1. The predicted octanol–water partition coefficient (Wildman–Crippen LogP) is 3.19. The van der Waals surface area contributed by atoms with Crippen molar-refractivity contribution in [3.05, 3.63) is 59.2 Å². The molecule has 0 fully saturated rings. The highest BCUT2D eigenvalue weighted by Gasteiger charge is 2.27. The molecule has 1 aromatic rings. The summed E-state index contributed by atoms with van der Waals surface area (Å²) < 4.78 is 5.58. The first-order valence-corrected chi connectivity index (χ1v) is 5.97. The molecule has 0 aliphatic heterocycles. The summed E-state index contributed by atoms with van der Waals surface area (Å²) >= 11 is 12.0. The van der Waals surface area contributed by atoms with Crippen molar-refractivity contribution in [3.8, 4) is 0 Å². The third kappa shape index (κ3) is 3.33. The predicted molar refractivity (Wildman–Crippen MR) is 68.9 cm³/mol. The van der Waals surface area contributed by atoms with Gasteiger partial charge in [0.1, 0.15) is 6.10 Å². The zero-order valence-corrected chi connectivity index (χ0v) is 10.5. The average molecular weight is 271 g/mol. The lowest BCUT2D eigenvalue weighted by molar-refractivity contribution is 0.0690. The van der Waals surface area contributed by atoms with Crippen molar-refractivity contribution in [2.75, 3.05) is 0 Å². The maximum atomic E-state index is 9.39. The minimum atomic E-state index is -1.08. The second-order valence-electron chi connectivity index (χ2n) is 3.81. The molecule has 0 aromatic heterocycles. The van der Waals surface area contributed by atoms with Gasteiger partial charge in [0.15, 0.2) is 5.06 Å². The Morgan fingerprint density at radius 1 is 1.29 bits per heavy atom. The summed E-state index contributed by atoms with van der Waals surface area (Å²) in [5.74, 6) is 0. The Hall–Kier alpha value is -0.800. The number of benzene rings is 1. The van der Waals surface area contributed by atoms with Crippen molar-refractivity contribution < 1.29 is 9.84 Å². The van der Waals surface area contributed by atoms with Gasteiger partial charge in [-0.2, -0.15) is 0 Å². The van der Waals surface area contributed by atoms with E-state index in [4.69, 9.17) is 27.9 Å². The van der Waals surface area contributed by atoms with Crippen LogP contribution in [0.15, 0.2) is 53.6 Å². The lowest BCUT2D eigenvalue weighted by Crippen LogP contribution is -2.25. The Morgan fingerprint density at radius 3 is 2.65 bits per heavy atom. The molecule has 0 spiro atoms. The molecule has 1 aliphatic rings. The number of ether oxygens (including phenoxy) is 1. The fourth-order valence-corrected chi connectivity index (χ4v) is 2.03. The topological polar surface area (TPSA) is 29.5 Å². The van der Waals surface area contributed by atoms with E-state index in [-0.39, 0.29) is 5.03 Å². The molecule has 0 bridgehead atoms. The molecule has 4 heteroatoms. The van der Waals surface area contributed by atoms with E-state index in [0.29, 0.717) is 6.61 Å². The van der Waals surface area contributed by atoms with Crippen LogP contribution >= 0.6 is 23.2 Å². The lowest BCUT2D eigenvalue weighted by atomic mass is 10.1. The quantitative estimate of drug-likeness (QED) is 0.675. The molecule has 2 unspecified atom stereocenters. The van der Waals surface area contributed by atoms with Crippen LogP contribution in [0.5, 0.6) is 0 Å². The molecule has 2 rings (SSSR count). The van der Waals surface area contributed by atoms with Crippen LogP contribution < -0.4 is 0 Å². The maximum Gasteiger partial charge on any atom is 0.181 e. The van der Waals surface area contributed by atoms with E-state index in [2.05, 4.69) is 0 Å². The van der Waals surface area contributed by atoms with Crippen LogP contribution in [-0.2, 0) is 11.3 Å². The smallest absolute Gasteiger partial charge is 0.181 e. The van der Waals surface area contributed by atoms with Crippen molar-refractivity contribution in [1.29, 1.82) is 0 Å². The molecule has 2 atom stereocenters. The minimum absolute atomic E-state index is 0.274. The van der Waals surface area contributed by atoms with Gasteiger partial charge in [-0.15, -0.1) is 0 Å². The Balaban J connectivity index is 2.02. The summed E-state index contributed by atoms with van der Waals surface area (Å²) in [7, 11) is 0. The van der Waals surface area contributed by atoms with Crippen molar-refractivity contribution in [2.45, 2.75) is 17.8 Å². The van der Waals surface area contributed by atoms with Gasteiger partial charge in [-0.3, -0.25) is 0 Å². The van der Waals surface area contributed by atoms with Crippen LogP contribution in [0, 0.1) is 0 Å². The highest BCUT2D eigenvalue weighted by Crippen LogP contribution is 2.30. The molecule has 1 N–H and O–H groups in total. The Morgan fingerprint density at radius 2 is 2.00 bits per heavy atom. The van der Waals surface area contributed by atoms with Gasteiger partial charge >= 0.3 is 0 Å². The minimum Gasteiger partial charge on any atom is -0.383 e. The highest BCUT2D eigenvalue weighted by atomic mass is 35.5. The zero-order valence-electron chi connectivity index (χ0n) is 9.01. The molecular weight excluding hydrogens is 259 g/mol. The van der Waals surface area contributed by atoms with Crippen molar-refractivity contribution in [1.82, 2.24) is 0 Å². The van der Waals surface area contributed by atoms with Gasteiger partial charge in [0.25, 0.3) is 0 Å². The Bertz CT molecular complexity index is 442. The fourth-order valence-electron chi connectivity index (χ4n) is 1.49. The fraction of sp³-hybridized carbons (Fsp3) is 0.231. The van der Waals surface area contributed by atoms with Gasteiger partial charge in [0.2, 0.25) is 0 Å². The van der Waals surface area contributed by atoms with Crippen LogP contribution in [0.2, 0.25) is 0 Å². The molecule has 1 aromatic carbocycles. The van der Waals surface area contributed by atoms with Gasteiger partial charge < -0.3 is 9.84 Å². The Kier molecular flexibility index (Phi) is 3.89. The third-order valence-corrected chi connectivity index (χ3v) is 3.10. The van der Waals surface area contributed by atoms with E-state index in [1.807, 2.05) is 30.3 Å². The van der Waals surface area contributed by atoms with Gasteiger partial charge in [-0.1, -0.05) is 59.6 Å². The van der Waals surface area contributed by atoms with Crippen LogP contribution in [-0.4, -0.2) is 16.3 Å². The normalized spacial score (nSPS) is 27.9. The molecule has 0 amide bonds. The number of halogens is 2. The van der Waals surface area contributed by atoms with Gasteiger partial charge in [-0.25, -0.2) is 0 Å². The summed E-state index contributed by atoms with van der Waals surface area (Å²) in [6, 6.07) is 9.71. The second kappa shape index (κ2) is 5.23. The molecule has 0 radical (unpaired) electrons. The summed E-state index contributed by atoms with van der Waals surface area (Å²) in [4.78, 5) is 0. The van der Waals surface area contributed by atoms with E-state index in [9.17, 15) is 5.11 Å². The molecule has 17 heavy (non-hydrogen) atoms. The van der Waals surface area contributed by atoms with Gasteiger partial charge in [0.05, 0.1) is 11.6 Å². The monoisotopic (exact) mass is 270 g/mol. The molecule has 0 saturated heterocycles. The molecule has 0 saturated carbocycles. The SMILES string of the molecule is OC1C=CC(Cl)(OCc2ccccc2)C=C1Cl. The molecule has 1 aliphatic carbocycles. The molecule has 90 valence electrons. The van der Waals surface area contributed by atoms with E-state index < -0.39 is 11.2 Å². The van der Waals surface area contributed by atoms with Crippen LogP contribution in [0.25, 0.3) is 0 Å².